The molecule has 1 amide bonds. The second kappa shape index (κ2) is 8.26. The van der Waals surface area contributed by atoms with Crippen molar-refractivity contribution in [2.24, 2.45) is 5.73 Å². The van der Waals surface area contributed by atoms with Crippen LogP contribution in [0.1, 0.15) is 29.9 Å². The van der Waals surface area contributed by atoms with Crippen molar-refractivity contribution in [1.29, 1.82) is 0 Å². The second-order valence-corrected chi connectivity index (χ2v) is 8.49. The number of hydrogen-bond acceptors (Lipinski definition) is 3. The number of aromatic nitrogens is 1. The first kappa shape index (κ1) is 21.2. The molecule has 0 aliphatic rings. The number of rotatable bonds is 4. The molecule has 3 aromatic rings. The van der Waals surface area contributed by atoms with Crippen molar-refractivity contribution < 1.29 is 18.3 Å². The van der Waals surface area contributed by atoms with Crippen LogP contribution < -0.4 is 16.3 Å². The Morgan fingerprint density at radius 2 is 1.89 bits per heavy atom. The largest absolute Gasteiger partial charge is 0.364 e. The van der Waals surface area contributed by atoms with Gasteiger partial charge in [0.2, 0.25) is 0 Å². The van der Waals surface area contributed by atoms with Gasteiger partial charge in [0.05, 0.1) is 5.30 Å². The third-order valence-corrected chi connectivity index (χ3v) is 6.64. The maximum atomic E-state index is 13.8. The van der Waals surface area contributed by atoms with E-state index in [1.165, 1.54) is 13.2 Å². The van der Waals surface area contributed by atoms with Gasteiger partial charge in [-0.2, -0.15) is 0 Å². The smallest absolute Gasteiger partial charge is 0.266 e. The number of carbonyl (C=O) groups is 1. The molecule has 1 aromatic heterocycles. The topological polar surface area (TPSA) is 85.2 Å². The molecule has 8 heteroatoms. The lowest BCUT2D eigenvalue weighted by atomic mass is 10.2. The van der Waals surface area contributed by atoms with E-state index in [0.29, 0.717) is 10.9 Å². The quantitative estimate of drug-likeness (QED) is 0.630. The van der Waals surface area contributed by atoms with Gasteiger partial charge in [-0.15, -0.1) is 0 Å². The summed E-state index contributed by atoms with van der Waals surface area (Å²) in [5, 5.41) is 0.760. The first-order valence-corrected chi connectivity index (χ1v) is 10.3. The number of hydrogen-bond donors (Lipinski definition) is 2. The number of carbonyl (C=O) groups excluding carboxylic acids is 1. The van der Waals surface area contributed by atoms with Crippen LogP contribution in [0.15, 0.2) is 36.4 Å². The monoisotopic (exact) mass is 410 g/mol. The number of primary amides is 1. The number of H-pyrrole nitrogens is 1. The summed E-state index contributed by atoms with van der Waals surface area (Å²) < 4.78 is 32.9. The highest BCUT2D eigenvalue weighted by molar-refractivity contribution is 7.75. The number of nitrogens with one attached hydrogen (secondary N) is 1. The lowest BCUT2D eigenvalue weighted by Crippen LogP contribution is -2.26. The minimum Gasteiger partial charge on any atom is -0.364 e. The van der Waals surface area contributed by atoms with Crippen LogP contribution in [0.4, 0.5) is 4.39 Å². The number of amides is 1. The van der Waals surface area contributed by atoms with Crippen LogP contribution >= 0.6 is 19.0 Å². The molecule has 1 heterocycles. The standard InChI is InChI=1S/C17H15ClFN2O3P.C2H6/c1-9-3-4-14-13(5-9)16(15(21-14)17(20)22)25(23,24-2)12-7-10(18)6-11(19)8-12;1-2/h3-8,21H,1-2H3,(H2,20,22);1-2H3. The molecule has 1 atom stereocenters. The Hall–Kier alpha value is -2.14. The van der Waals surface area contributed by atoms with Gasteiger partial charge >= 0.3 is 0 Å². The van der Waals surface area contributed by atoms with E-state index >= 15 is 0 Å². The molecule has 3 rings (SSSR count). The number of aromatic amines is 1. The van der Waals surface area contributed by atoms with Crippen molar-refractivity contribution in [2.45, 2.75) is 20.8 Å². The van der Waals surface area contributed by atoms with E-state index in [4.69, 9.17) is 21.9 Å². The van der Waals surface area contributed by atoms with Gasteiger partial charge in [-0.1, -0.05) is 37.1 Å². The molecule has 3 N–H and O–H groups in total. The molecule has 0 saturated carbocycles. The van der Waals surface area contributed by atoms with E-state index in [1.807, 2.05) is 26.8 Å². The minimum absolute atomic E-state index is 0.0360. The van der Waals surface area contributed by atoms with Gasteiger partial charge in [-0.25, -0.2) is 4.39 Å². The number of halogens is 2. The van der Waals surface area contributed by atoms with Gasteiger partial charge < -0.3 is 15.2 Å². The van der Waals surface area contributed by atoms with Crippen LogP contribution in [0.2, 0.25) is 5.02 Å². The molecule has 0 spiro atoms. The molecular formula is C19H21ClFN2O3P. The van der Waals surface area contributed by atoms with E-state index in [1.54, 1.807) is 12.1 Å². The molecule has 0 radical (unpaired) electrons. The predicted molar refractivity (Wildman–Crippen MR) is 108 cm³/mol. The lowest BCUT2D eigenvalue weighted by molar-refractivity contribution is 0.0997. The second-order valence-electron chi connectivity index (χ2n) is 5.62. The average Bonchev–Trinajstić information content (AvgIpc) is 3.01. The highest BCUT2D eigenvalue weighted by Gasteiger charge is 2.36. The summed E-state index contributed by atoms with van der Waals surface area (Å²) in [6.07, 6.45) is 0. The van der Waals surface area contributed by atoms with E-state index in [9.17, 15) is 13.8 Å². The Morgan fingerprint density at radius 1 is 1.22 bits per heavy atom. The van der Waals surface area contributed by atoms with Gasteiger partial charge in [0.15, 0.2) is 0 Å². The molecule has 27 heavy (non-hydrogen) atoms. The molecule has 144 valence electrons. The van der Waals surface area contributed by atoms with Crippen molar-refractivity contribution in [3.8, 4) is 0 Å². The van der Waals surface area contributed by atoms with Crippen LogP contribution in [-0.4, -0.2) is 18.0 Å². The highest BCUT2D eigenvalue weighted by atomic mass is 35.5. The number of fused-ring (bicyclic) bond motifs is 1. The zero-order valence-electron chi connectivity index (χ0n) is 15.5. The van der Waals surface area contributed by atoms with Crippen LogP contribution in [0.3, 0.4) is 0 Å². The molecule has 1 unspecified atom stereocenters. The summed E-state index contributed by atoms with van der Waals surface area (Å²) in [6.45, 7) is 5.86. The number of benzene rings is 2. The van der Waals surface area contributed by atoms with Crippen molar-refractivity contribution in [3.05, 3.63) is 58.5 Å². The minimum atomic E-state index is -3.82. The summed E-state index contributed by atoms with van der Waals surface area (Å²) >= 11 is 5.90. The Labute approximate surface area is 162 Å². The van der Waals surface area contributed by atoms with Gasteiger partial charge in [0, 0.05) is 28.3 Å². The lowest BCUT2D eigenvalue weighted by Gasteiger charge is -2.18. The number of nitrogens with two attached hydrogens (primary N) is 1. The maximum absolute atomic E-state index is 13.8. The Balaban J connectivity index is 0.00000126. The molecule has 2 aromatic carbocycles. The third-order valence-electron chi connectivity index (χ3n) is 3.91. The van der Waals surface area contributed by atoms with Gasteiger partial charge in [0.1, 0.15) is 11.5 Å². The van der Waals surface area contributed by atoms with E-state index in [0.717, 1.165) is 17.7 Å². The van der Waals surface area contributed by atoms with E-state index < -0.39 is 19.1 Å². The van der Waals surface area contributed by atoms with Crippen LogP contribution in [0.25, 0.3) is 10.9 Å². The zero-order chi connectivity index (χ0) is 20.4. The first-order chi connectivity index (χ1) is 12.8. The zero-order valence-corrected chi connectivity index (χ0v) is 17.1. The Bertz CT molecular complexity index is 1030. The van der Waals surface area contributed by atoms with Gasteiger partial charge in [0.25, 0.3) is 13.3 Å². The van der Waals surface area contributed by atoms with Crippen LogP contribution in [0, 0.1) is 12.7 Å². The van der Waals surface area contributed by atoms with Crippen molar-refractivity contribution in [2.75, 3.05) is 7.11 Å². The van der Waals surface area contributed by atoms with Gasteiger partial charge in [-0.05, 0) is 37.3 Å². The summed E-state index contributed by atoms with van der Waals surface area (Å²) in [7, 11) is -2.59. The fourth-order valence-corrected chi connectivity index (χ4v) is 5.33. The van der Waals surface area contributed by atoms with Gasteiger partial charge in [-0.3, -0.25) is 9.36 Å². The van der Waals surface area contributed by atoms with E-state index in [-0.39, 0.29) is 21.3 Å². The molecule has 5 nitrogen and oxygen atoms in total. The van der Waals surface area contributed by atoms with Crippen molar-refractivity contribution in [1.82, 2.24) is 4.98 Å². The Kier molecular flexibility index (Phi) is 6.47. The molecule has 0 fully saturated rings. The molecule has 0 bridgehead atoms. The van der Waals surface area contributed by atoms with Crippen LogP contribution in [-0.2, 0) is 9.09 Å². The summed E-state index contributed by atoms with van der Waals surface area (Å²) in [4.78, 5) is 14.8. The summed E-state index contributed by atoms with van der Waals surface area (Å²) in [5.74, 6) is -1.44. The molecular weight excluding hydrogens is 390 g/mol. The highest BCUT2D eigenvalue weighted by Crippen LogP contribution is 2.47. The molecule has 0 aliphatic heterocycles. The SMILES string of the molecule is CC.COP(=O)(c1cc(F)cc(Cl)c1)c1c(C(N)=O)[nH]c2ccc(C)cc12. The fourth-order valence-electron chi connectivity index (χ4n) is 2.81. The van der Waals surface area contributed by atoms with Crippen molar-refractivity contribution >= 4 is 46.4 Å². The van der Waals surface area contributed by atoms with Crippen molar-refractivity contribution in [3.63, 3.8) is 0 Å². The average molecular weight is 411 g/mol. The summed E-state index contributed by atoms with van der Waals surface area (Å²) in [5.41, 5.74) is 6.89. The maximum Gasteiger partial charge on any atom is 0.266 e. The van der Waals surface area contributed by atoms with Crippen LogP contribution in [0.5, 0.6) is 0 Å². The van der Waals surface area contributed by atoms with E-state index in [2.05, 4.69) is 4.98 Å². The third kappa shape index (κ3) is 3.93. The molecule has 0 saturated heterocycles. The predicted octanol–water partition coefficient (Wildman–Crippen LogP) is 4.27. The number of aryl methyl sites for hydroxylation is 1. The fraction of sp³-hybridized carbons (Fsp3) is 0.211. The summed E-state index contributed by atoms with van der Waals surface area (Å²) in [6, 6.07) is 8.88. The Morgan fingerprint density at radius 3 is 2.44 bits per heavy atom. The first-order valence-electron chi connectivity index (χ1n) is 8.31. The normalized spacial score (nSPS) is 13.0. The molecule has 0 aliphatic carbocycles.